The zero-order valence-electron chi connectivity index (χ0n) is 10.3. The van der Waals surface area contributed by atoms with Crippen LogP contribution < -0.4 is 5.73 Å². The average Bonchev–Trinajstić information content (AvgIpc) is 2.81. The largest absolute Gasteiger partial charge is 0.399 e. The predicted molar refractivity (Wildman–Crippen MR) is 69.3 cm³/mol. The van der Waals surface area contributed by atoms with Crippen LogP contribution in [0.3, 0.4) is 0 Å². The van der Waals surface area contributed by atoms with Crippen molar-refractivity contribution in [1.82, 2.24) is 4.90 Å². The van der Waals surface area contributed by atoms with Gasteiger partial charge in [0.15, 0.2) is 0 Å². The van der Waals surface area contributed by atoms with Crippen LogP contribution in [0.4, 0.5) is 5.69 Å². The maximum Gasteiger partial charge on any atom is 0.0319 e. The standard InChI is InChI=1S/C14H22N2/c1-11(12-7-9-13(15)10-8-12)16(2)14-5-3-4-6-14/h7-11,14H,3-6,15H2,1-2H3. The molecule has 0 amide bonds. The molecule has 0 aliphatic heterocycles. The van der Waals surface area contributed by atoms with Gasteiger partial charge in [-0.2, -0.15) is 0 Å². The number of nitrogen functional groups attached to an aromatic ring is 1. The van der Waals surface area contributed by atoms with Gasteiger partial charge in [0.2, 0.25) is 0 Å². The molecule has 2 rings (SSSR count). The molecule has 0 radical (unpaired) electrons. The summed E-state index contributed by atoms with van der Waals surface area (Å²) in [6.07, 6.45) is 5.50. The Morgan fingerprint density at radius 1 is 1.19 bits per heavy atom. The number of nitrogens with two attached hydrogens (primary N) is 1. The number of anilines is 1. The van der Waals surface area contributed by atoms with Gasteiger partial charge in [0.1, 0.15) is 0 Å². The minimum absolute atomic E-state index is 0.490. The third kappa shape index (κ3) is 2.38. The van der Waals surface area contributed by atoms with Gasteiger partial charge in [-0.3, -0.25) is 4.90 Å². The molecule has 0 bridgehead atoms. The maximum atomic E-state index is 5.71. The van der Waals surface area contributed by atoms with Crippen LogP contribution in [0.1, 0.15) is 44.2 Å². The van der Waals surface area contributed by atoms with E-state index in [-0.39, 0.29) is 0 Å². The highest BCUT2D eigenvalue weighted by molar-refractivity contribution is 5.40. The molecule has 1 saturated carbocycles. The van der Waals surface area contributed by atoms with Crippen molar-refractivity contribution in [3.63, 3.8) is 0 Å². The highest BCUT2D eigenvalue weighted by Crippen LogP contribution is 2.29. The first-order valence-electron chi connectivity index (χ1n) is 6.26. The van der Waals surface area contributed by atoms with Crippen molar-refractivity contribution >= 4 is 5.69 Å². The summed E-state index contributed by atoms with van der Waals surface area (Å²) in [5.41, 5.74) is 7.92. The minimum atomic E-state index is 0.490. The van der Waals surface area contributed by atoms with E-state index in [9.17, 15) is 0 Å². The quantitative estimate of drug-likeness (QED) is 0.789. The summed E-state index contributed by atoms with van der Waals surface area (Å²) in [6.45, 7) is 2.28. The topological polar surface area (TPSA) is 29.3 Å². The maximum absolute atomic E-state index is 5.71. The number of rotatable bonds is 3. The predicted octanol–water partition coefficient (Wildman–Crippen LogP) is 3.20. The smallest absolute Gasteiger partial charge is 0.0319 e. The molecule has 1 unspecified atom stereocenters. The Morgan fingerprint density at radius 2 is 1.75 bits per heavy atom. The molecular formula is C14H22N2. The lowest BCUT2D eigenvalue weighted by atomic mass is 10.0. The molecule has 2 N–H and O–H groups in total. The second-order valence-corrected chi connectivity index (χ2v) is 4.95. The normalized spacial score (nSPS) is 19.2. The fraction of sp³-hybridized carbons (Fsp3) is 0.571. The molecule has 1 atom stereocenters. The van der Waals surface area contributed by atoms with Crippen LogP contribution in [0.2, 0.25) is 0 Å². The molecule has 2 nitrogen and oxygen atoms in total. The van der Waals surface area contributed by atoms with E-state index in [1.54, 1.807) is 0 Å². The monoisotopic (exact) mass is 218 g/mol. The van der Waals surface area contributed by atoms with E-state index in [0.29, 0.717) is 6.04 Å². The van der Waals surface area contributed by atoms with E-state index in [1.165, 1.54) is 31.2 Å². The van der Waals surface area contributed by atoms with Crippen LogP contribution in [0, 0.1) is 0 Å². The lowest BCUT2D eigenvalue weighted by molar-refractivity contribution is 0.187. The summed E-state index contributed by atoms with van der Waals surface area (Å²) in [5.74, 6) is 0. The molecule has 0 spiro atoms. The zero-order chi connectivity index (χ0) is 11.5. The zero-order valence-corrected chi connectivity index (χ0v) is 10.3. The van der Waals surface area contributed by atoms with Crippen LogP contribution in [0.15, 0.2) is 24.3 Å². The molecule has 88 valence electrons. The van der Waals surface area contributed by atoms with Gasteiger partial charge in [0.05, 0.1) is 0 Å². The first kappa shape index (κ1) is 11.5. The fourth-order valence-electron chi connectivity index (χ4n) is 2.64. The summed E-state index contributed by atoms with van der Waals surface area (Å²) < 4.78 is 0. The number of nitrogens with zero attached hydrogens (tertiary/aromatic N) is 1. The highest BCUT2D eigenvalue weighted by atomic mass is 15.2. The van der Waals surface area contributed by atoms with Crippen LogP contribution in [-0.2, 0) is 0 Å². The average molecular weight is 218 g/mol. The van der Waals surface area contributed by atoms with Crippen LogP contribution >= 0.6 is 0 Å². The summed E-state index contributed by atoms with van der Waals surface area (Å²) in [6, 6.07) is 9.54. The van der Waals surface area contributed by atoms with Crippen molar-refractivity contribution in [3.05, 3.63) is 29.8 Å². The van der Waals surface area contributed by atoms with Gasteiger partial charge in [0, 0.05) is 17.8 Å². The van der Waals surface area contributed by atoms with Crippen LogP contribution in [0.25, 0.3) is 0 Å². The molecule has 1 aliphatic carbocycles. The van der Waals surface area contributed by atoms with Crippen LogP contribution in [0.5, 0.6) is 0 Å². The Labute approximate surface area is 98.4 Å². The van der Waals surface area contributed by atoms with E-state index in [0.717, 1.165) is 11.7 Å². The summed E-state index contributed by atoms with van der Waals surface area (Å²) in [7, 11) is 2.25. The van der Waals surface area contributed by atoms with Crippen molar-refractivity contribution in [2.75, 3.05) is 12.8 Å². The van der Waals surface area contributed by atoms with Gasteiger partial charge in [0.25, 0.3) is 0 Å². The highest BCUT2D eigenvalue weighted by Gasteiger charge is 2.23. The second-order valence-electron chi connectivity index (χ2n) is 4.95. The van der Waals surface area contributed by atoms with Gasteiger partial charge < -0.3 is 5.73 Å². The van der Waals surface area contributed by atoms with Gasteiger partial charge in [-0.25, -0.2) is 0 Å². The minimum Gasteiger partial charge on any atom is -0.399 e. The Bertz CT molecular complexity index is 325. The SMILES string of the molecule is CC(c1ccc(N)cc1)N(C)C1CCCC1. The third-order valence-corrected chi connectivity index (χ3v) is 3.93. The molecule has 1 fully saturated rings. The molecule has 1 aliphatic rings. The van der Waals surface area contributed by atoms with E-state index < -0.39 is 0 Å². The lowest BCUT2D eigenvalue weighted by Crippen LogP contribution is -2.31. The lowest BCUT2D eigenvalue weighted by Gasteiger charge is -2.30. The Morgan fingerprint density at radius 3 is 2.31 bits per heavy atom. The van der Waals surface area contributed by atoms with Crippen molar-refractivity contribution in [1.29, 1.82) is 0 Å². The fourth-order valence-corrected chi connectivity index (χ4v) is 2.64. The van der Waals surface area contributed by atoms with Crippen molar-refractivity contribution in [2.24, 2.45) is 0 Å². The summed E-state index contributed by atoms with van der Waals surface area (Å²) >= 11 is 0. The number of benzene rings is 1. The summed E-state index contributed by atoms with van der Waals surface area (Å²) in [4.78, 5) is 2.51. The molecule has 0 heterocycles. The van der Waals surface area contributed by atoms with Crippen molar-refractivity contribution in [2.45, 2.75) is 44.7 Å². The van der Waals surface area contributed by atoms with Crippen LogP contribution in [-0.4, -0.2) is 18.0 Å². The third-order valence-electron chi connectivity index (χ3n) is 3.93. The first-order chi connectivity index (χ1) is 7.68. The Balaban J connectivity index is 2.05. The van der Waals surface area contributed by atoms with Gasteiger partial charge in [-0.05, 0) is 44.5 Å². The second kappa shape index (κ2) is 4.88. The number of hydrogen-bond donors (Lipinski definition) is 1. The van der Waals surface area contributed by atoms with E-state index in [1.807, 2.05) is 12.1 Å². The molecule has 1 aromatic carbocycles. The molecule has 2 heteroatoms. The molecule has 0 aromatic heterocycles. The van der Waals surface area contributed by atoms with E-state index in [2.05, 4.69) is 31.0 Å². The van der Waals surface area contributed by atoms with Gasteiger partial charge in [-0.15, -0.1) is 0 Å². The Kier molecular flexibility index (Phi) is 3.49. The van der Waals surface area contributed by atoms with E-state index in [4.69, 9.17) is 5.73 Å². The molecular weight excluding hydrogens is 196 g/mol. The Hall–Kier alpha value is -1.02. The van der Waals surface area contributed by atoms with Crippen molar-refractivity contribution in [3.8, 4) is 0 Å². The van der Waals surface area contributed by atoms with E-state index >= 15 is 0 Å². The first-order valence-corrected chi connectivity index (χ1v) is 6.26. The van der Waals surface area contributed by atoms with Gasteiger partial charge in [-0.1, -0.05) is 25.0 Å². The molecule has 16 heavy (non-hydrogen) atoms. The molecule has 0 saturated heterocycles. The number of hydrogen-bond acceptors (Lipinski definition) is 2. The molecule has 1 aromatic rings. The van der Waals surface area contributed by atoms with Crippen molar-refractivity contribution < 1.29 is 0 Å². The summed E-state index contributed by atoms with van der Waals surface area (Å²) in [5, 5.41) is 0. The van der Waals surface area contributed by atoms with Gasteiger partial charge >= 0.3 is 0 Å².